The SMILES string of the molecule is CCCCCC[C@@H](CC(C)C)O[C@H](C)C[C@@H](C)O. The molecule has 0 aliphatic rings. The van der Waals surface area contributed by atoms with Crippen LogP contribution < -0.4 is 0 Å². The summed E-state index contributed by atoms with van der Waals surface area (Å²) in [6.07, 6.45) is 8.52. The number of hydrogen-bond acceptors (Lipinski definition) is 2. The van der Waals surface area contributed by atoms with Gasteiger partial charge in [-0.3, -0.25) is 0 Å². The molecule has 0 aromatic carbocycles. The second kappa shape index (κ2) is 10.8. The van der Waals surface area contributed by atoms with Gasteiger partial charge in [-0.25, -0.2) is 0 Å². The normalized spacial score (nSPS) is 16.8. The lowest BCUT2D eigenvalue weighted by molar-refractivity contribution is -0.0366. The summed E-state index contributed by atoms with van der Waals surface area (Å²) in [5.41, 5.74) is 0. The Labute approximate surface area is 114 Å². The Balaban J connectivity index is 3.97. The van der Waals surface area contributed by atoms with Crippen LogP contribution in [0.2, 0.25) is 0 Å². The number of rotatable bonds is 11. The highest BCUT2D eigenvalue weighted by atomic mass is 16.5. The van der Waals surface area contributed by atoms with E-state index in [2.05, 4.69) is 27.7 Å². The standard InChI is InChI=1S/C16H34O2/c1-6-7-8-9-10-16(11-13(2)3)18-15(5)12-14(4)17/h13-17H,6-12H2,1-5H3/t14-,15-,16+/m1/s1. The molecule has 0 saturated heterocycles. The van der Waals surface area contributed by atoms with Crippen molar-refractivity contribution in [2.24, 2.45) is 5.92 Å². The van der Waals surface area contributed by atoms with Gasteiger partial charge in [-0.15, -0.1) is 0 Å². The number of aliphatic hydroxyl groups excluding tert-OH is 1. The monoisotopic (exact) mass is 258 g/mol. The van der Waals surface area contributed by atoms with Crippen LogP contribution in [0.4, 0.5) is 0 Å². The van der Waals surface area contributed by atoms with E-state index in [1.807, 2.05) is 6.92 Å². The van der Waals surface area contributed by atoms with Crippen molar-refractivity contribution in [1.82, 2.24) is 0 Å². The average molecular weight is 258 g/mol. The number of aliphatic hydroxyl groups is 1. The van der Waals surface area contributed by atoms with Crippen molar-refractivity contribution in [3.05, 3.63) is 0 Å². The molecule has 0 spiro atoms. The number of hydrogen-bond donors (Lipinski definition) is 1. The van der Waals surface area contributed by atoms with Gasteiger partial charge < -0.3 is 9.84 Å². The maximum Gasteiger partial charge on any atom is 0.0581 e. The molecule has 0 aromatic rings. The number of unbranched alkanes of at least 4 members (excludes halogenated alkanes) is 3. The Morgan fingerprint density at radius 3 is 2.11 bits per heavy atom. The summed E-state index contributed by atoms with van der Waals surface area (Å²) in [6.45, 7) is 10.7. The number of ether oxygens (including phenoxy) is 1. The largest absolute Gasteiger partial charge is 0.393 e. The summed E-state index contributed by atoms with van der Waals surface area (Å²) >= 11 is 0. The predicted octanol–water partition coefficient (Wildman–Crippen LogP) is 4.55. The molecule has 0 radical (unpaired) electrons. The van der Waals surface area contributed by atoms with Gasteiger partial charge in [0.1, 0.15) is 0 Å². The van der Waals surface area contributed by atoms with Crippen LogP contribution >= 0.6 is 0 Å². The fourth-order valence-electron chi connectivity index (χ4n) is 2.43. The summed E-state index contributed by atoms with van der Waals surface area (Å²) in [6, 6.07) is 0. The van der Waals surface area contributed by atoms with E-state index in [0.717, 1.165) is 12.8 Å². The molecule has 0 heterocycles. The van der Waals surface area contributed by atoms with Crippen LogP contribution in [0.5, 0.6) is 0 Å². The Kier molecular flexibility index (Phi) is 10.8. The molecule has 0 amide bonds. The van der Waals surface area contributed by atoms with E-state index in [-0.39, 0.29) is 12.2 Å². The Morgan fingerprint density at radius 1 is 0.944 bits per heavy atom. The maximum absolute atomic E-state index is 9.38. The molecule has 0 fully saturated rings. The minimum absolute atomic E-state index is 0.167. The summed E-state index contributed by atoms with van der Waals surface area (Å²) in [5, 5.41) is 9.38. The molecule has 0 rings (SSSR count). The van der Waals surface area contributed by atoms with Gasteiger partial charge in [0.25, 0.3) is 0 Å². The van der Waals surface area contributed by atoms with Gasteiger partial charge in [0.15, 0.2) is 0 Å². The first-order chi connectivity index (χ1) is 8.45. The van der Waals surface area contributed by atoms with E-state index in [4.69, 9.17) is 4.74 Å². The van der Waals surface area contributed by atoms with Gasteiger partial charge in [0.2, 0.25) is 0 Å². The molecule has 0 saturated carbocycles. The first-order valence-electron chi connectivity index (χ1n) is 7.79. The highest BCUT2D eigenvalue weighted by molar-refractivity contribution is 4.65. The van der Waals surface area contributed by atoms with Gasteiger partial charge in [-0.05, 0) is 39.0 Å². The second-order valence-corrected chi connectivity index (χ2v) is 6.13. The third kappa shape index (κ3) is 11.0. The predicted molar refractivity (Wildman–Crippen MR) is 78.8 cm³/mol. The van der Waals surface area contributed by atoms with E-state index < -0.39 is 0 Å². The van der Waals surface area contributed by atoms with E-state index in [9.17, 15) is 5.11 Å². The first kappa shape index (κ1) is 17.9. The molecular formula is C16H34O2. The molecule has 2 nitrogen and oxygen atoms in total. The topological polar surface area (TPSA) is 29.5 Å². The van der Waals surface area contributed by atoms with Crippen molar-refractivity contribution in [3.8, 4) is 0 Å². The molecule has 0 aromatic heterocycles. The summed E-state index contributed by atoms with van der Waals surface area (Å²) in [4.78, 5) is 0. The molecule has 110 valence electrons. The zero-order valence-corrected chi connectivity index (χ0v) is 13.1. The molecule has 0 unspecified atom stereocenters. The molecule has 18 heavy (non-hydrogen) atoms. The van der Waals surface area contributed by atoms with Crippen molar-refractivity contribution in [1.29, 1.82) is 0 Å². The van der Waals surface area contributed by atoms with E-state index >= 15 is 0 Å². The van der Waals surface area contributed by atoms with Crippen LogP contribution in [-0.2, 0) is 4.74 Å². The van der Waals surface area contributed by atoms with Gasteiger partial charge in [0.05, 0.1) is 18.3 Å². The summed E-state index contributed by atoms with van der Waals surface area (Å²) < 4.78 is 6.09. The lowest BCUT2D eigenvalue weighted by atomic mass is 10.00. The van der Waals surface area contributed by atoms with Crippen LogP contribution in [-0.4, -0.2) is 23.4 Å². The average Bonchev–Trinajstić information content (AvgIpc) is 2.22. The van der Waals surface area contributed by atoms with Crippen LogP contribution in [0.25, 0.3) is 0 Å². The lowest BCUT2D eigenvalue weighted by Gasteiger charge is -2.25. The van der Waals surface area contributed by atoms with Gasteiger partial charge in [-0.1, -0.05) is 46.5 Å². The third-order valence-electron chi connectivity index (χ3n) is 3.21. The first-order valence-corrected chi connectivity index (χ1v) is 7.79. The van der Waals surface area contributed by atoms with Crippen molar-refractivity contribution >= 4 is 0 Å². The molecular weight excluding hydrogens is 224 g/mol. The molecule has 1 N–H and O–H groups in total. The Hall–Kier alpha value is -0.0800. The quantitative estimate of drug-likeness (QED) is 0.551. The highest BCUT2D eigenvalue weighted by Gasteiger charge is 2.16. The Morgan fingerprint density at radius 2 is 1.61 bits per heavy atom. The molecule has 0 aliphatic heterocycles. The summed E-state index contributed by atoms with van der Waals surface area (Å²) in [5.74, 6) is 0.680. The third-order valence-corrected chi connectivity index (χ3v) is 3.21. The Bertz CT molecular complexity index is 178. The minimum atomic E-state index is -0.264. The van der Waals surface area contributed by atoms with Gasteiger partial charge in [-0.2, -0.15) is 0 Å². The van der Waals surface area contributed by atoms with Gasteiger partial charge >= 0.3 is 0 Å². The molecule has 2 heteroatoms. The highest BCUT2D eigenvalue weighted by Crippen LogP contribution is 2.18. The fourth-order valence-corrected chi connectivity index (χ4v) is 2.43. The minimum Gasteiger partial charge on any atom is -0.393 e. The molecule has 3 atom stereocenters. The second-order valence-electron chi connectivity index (χ2n) is 6.13. The molecule has 0 aliphatic carbocycles. The van der Waals surface area contributed by atoms with Crippen molar-refractivity contribution in [2.45, 2.75) is 97.9 Å². The lowest BCUT2D eigenvalue weighted by Crippen LogP contribution is -2.24. The van der Waals surface area contributed by atoms with Crippen molar-refractivity contribution in [3.63, 3.8) is 0 Å². The summed E-state index contributed by atoms with van der Waals surface area (Å²) in [7, 11) is 0. The zero-order valence-electron chi connectivity index (χ0n) is 13.1. The van der Waals surface area contributed by atoms with Gasteiger partial charge in [0, 0.05) is 0 Å². The van der Waals surface area contributed by atoms with Crippen LogP contribution in [0, 0.1) is 5.92 Å². The smallest absolute Gasteiger partial charge is 0.0581 e. The van der Waals surface area contributed by atoms with Crippen LogP contribution in [0.3, 0.4) is 0 Å². The van der Waals surface area contributed by atoms with E-state index in [0.29, 0.717) is 12.0 Å². The maximum atomic E-state index is 9.38. The van der Waals surface area contributed by atoms with E-state index in [1.165, 1.54) is 32.1 Å². The molecule has 0 bridgehead atoms. The van der Waals surface area contributed by atoms with Crippen LogP contribution in [0.15, 0.2) is 0 Å². The van der Waals surface area contributed by atoms with E-state index in [1.54, 1.807) is 0 Å². The van der Waals surface area contributed by atoms with Crippen molar-refractivity contribution in [2.75, 3.05) is 0 Å². The van der Waals surface area contributed by atoms with Crippen molar-refractivity contribution < 1.29 is 9.84 Å². The zero-order chi connectivity index (χ0) is 14.0. The fraction of sp³-hybridized carbons (Fsp3) is 1.00. The van der Waals surface area contributed by atoms with Crippen LogP contribution in [0.1, 0.15) is 79.6 Å².